The smallest absolute Gasteiger partial charge is 0.228 e. The van der Waals surface area contributed by atoms with E-state index >= 15 is 0 Å². The first kappa shape index (κ1) is 12.1. The number of nitrogens with two attached hydrogens (primary N) is 1. The van der Waals surface area contributed by atoms with Crippen LogP contribution in [0, 0.1) is 6.92 Å². The number of nitrogen functional groups attached to an aromatic ring is 1. The molecule has 19 heavy (non-hydrogen) atoms. The summed E-state index contributed by atoms with van der Waals surface area (Å²) in [6.45, 7) is 2.08. The molecule has 1 aliphatic heterocycles. The molecule has 0 aromatic heterocycles. The molecule has 0 bridgehead atoms. The number of nitrogens with one attached hydrogen (secondary N) is 1. The summed E-state index contributed by atoms with van der Waals surface area (Å²) in [5, 5.41) is 2.86. The fourth-order valence-electron chi connectivity index (χ4n) is 2.15. The van der Waals surface area contributed by atoms with Crippen LogP contribution >= 0.6 is 11.8 Å². The van der Waals surface area contributed by atoms with E-state index < -0.39 is 0 Å². The minimum Gasteiger partial charge on any atom is -0.398 e. The molecule has 96 valence electrons. The molecule has 0 radical (unpaired) electrons. The Hall–Kier alpha value is -1.94. The third-order valence-electron chi connectivity index (χ3n) is 3.17. The van der Waals surface area contributed by atoms with E-state index in [-0.39, 0.29) is 5.91 Å². The molecular formula is C15H14N2OS. The van der Waals surface area contributed by atoms with Crippen LogP contribution in [0.2, 0.25) is 0 Å². The second-order valence-corrected chi connectivity index (χ2v) is 5.72. The van der Waals surface area contributed by atoms with Crippen LogP contribution in [0.25, 0.3) is 0 Å². The Labute approximate surface area is 116 Å². The lowest BCUT2D eigenvalue weighted by Crippen LogP contribution is -2.03. The zero-order valence-electron chi connectivity index (χ0n) is 10.6. The average molecular weight is 270 g/mol. The van der Waals surface area contributed by atoms with Crippen molar-refractivity contribution in [2.24, 2.45) is 0 Å². The predicted molar refractivity (Wildman–Crippen MR) is 78.5 cm³/mol. The van der Waals surface area contributed by atoms with Gasteiger partial charge in [-0.25, -0.2) is 0 Å². The van der Waals surface area contributed by atoms with Gasteiger partial charge in [0.2, 0.25) is 5.91 Å². The maximum Gasteiger partial charge on any atom is 0.228 e. The van der Waals surface area contributed by atoms with Gasteiger partial charge in [0.25, 0.3) is 0 Å². The Balaban J connectivity index is 1.97. The molecule has 1 aliphatic rings. The van der Waals surface area contributed by atoms with Gasteiger partial charge in [0.05, 0.1) is 6.42 Å². The van der Waals surface area contributed by atoms with Crippen LogP contribution in [-0.2, 0) is 11.2 Å². The Morgan fingerprint density at radius 1 is 1.21 bits per heavy atom. The van der Waals surface area contributed by atoms with Crippen molar-refractivity contribution in [1.29, 1.82) is 0 Å². The summed E-state index contributed by atoms with van der Waals surface area (Å²) in [7, 11) is 0. The van der Waals surface area contributed by atoms with E-state index in [2.05, 4.69) is 24.4 Å². The van der Waals surface area contributed by atoms with Crippen LogP contribution in [0.4, 0.5) is 11.4 Å². The number of hydrogen-bond acceptors (Lipinski definition) is 3. The van der Waals surface area contributed by atoms with Crippen molar-refractivity contribution in [3.8, 4) is 0 Å². The molecule has 3 rings (SSSR count). The molecule has 0 aliphatic carbocycles. The maximum absolute atomic E-state index is 11.4. The zero-order valence-corrected chi connectivity index (χ0v) is 11.4. The number of fused-ring (bicyclic) bond motifs is 1. The first-order chi connectivity index (χ1) is 9.13. The number of aryl methyl sites for hydroxylation is 1. The summed E-state index contributed by atoms with van der Waals surface area (Å²) in [4.78, 5) is 13.5. The topological polar surface area (TPSA) is 55.1 Å². The Bertz CT molecular complexity index is 667. The molecule has 1 amide bonds. The number of benzene rings is 2. The van der Waals surface area contributed by atoms with Crippen molar-refractivity contribution < 1.29 is 4.79 Å². The lowest BCUT2D eigenvalue weighted by atomic mass is 10.1. The van der Waals surface area contributed by atoms with Gasteiger partial charge in [-0.05, 0) is 36.2 Å². The molecule has 0 atom stereocenters. The second-order valence-electron chi connectivity index (χ2n) is 4.64. The highest BCUT2D eigenvalue weighted by Gasteiger charge is 2.19. The molecule has 0 saturated carbocycles. The molecule has 2 aromatic carbocycles. The highest BCUT2D eigenvalue weighted by molar-refractivity contribution is 7.99. The van der Waals surface area contributed by atoms with Crippen LogP contribution in [-0.4, -0.2) is 5.91 Å². The molecule has 0 fully saturated rings. The van der Waals surface area contributed by atoms with E-state index in [0.29, 0.717) is 6.42 Å². The standard InChI is InChI=1S/C15H14N2OS/c1-9-4-2-3-5-13(9)19-14-8-12-10(6-11(14)16)7-15(18)17-12/h2-6,8H,7,16H2,1H3,(H,17,18). The summed E-state index contributed by atoms with van der Waals surface area (Å²) in [6.07, 6.45) is 0.425. The van der Waals surface area contributed by atoms with Crippen LogP contribution in [0.5, 0.6) is 0 Å². The van der Waals surface area contributed by atoms with Crippen molar-refractivity contribution >= 4 is 29.0 Å². The Morgan fingerprint density at radius 3 is 2.79 bits per heavy atom. The zero-order chi connectivity index (χ0) is 13.4. The predicted octanol–water partition coefficient (Wildman–Crippen LogP) is 3.22. The number of rotatable bonds is 2. The van der Waals surface area contributed by atoms with E-state index in [9.17, 15) is 4.79 Å². The fourth-order valence-corrected chi connectivity index (χ4v) is 3.12. The van der Waals surface area contributed by atoms with E-state index in [1.807, 2.05) is 24.3 Å². The monoisotopic (exact) mass is 270 g/mol. The summed E-state index contributed by atoms with van der Waals surface area (Å²) in [5.41, 5.74) is 9.89. The first-order valence-corrected chi connectivity index (χ1v) is 6.91. The third-order valence-corrected chi connectivity index (χ3v) is 4.43. The highest BCUT2D eigenvalue weighted by Crippen LogP contribution is 2.38. The van der Waals surface area contributed by atoms with Gasteiger partial charge in [-0.3, -0.25) is 4.79 Å². The van der Waals surface area contributed by atoms with Crippen molar-refractivity contribution in [1.82, 2.24) is 0 Å². The molecule has 1 heterocycles. The van der Waals surface area contributed by atoms with Crippen LogP contribution in [0.1, 0.15) is 11.1 Å². The van der Waals surface area contributed by atoms with Crippen molar-refractivity contribution in [2.45, 2.75) is 23.1 Å². The van der Waals surface area contributed by atoms with Gasteiger partial charge in [-0.1, -0.05) is 30.0 Å². The van der Waals surface area contributed by atoms with Gasteiger partial charge in [0.15, 0.2) is 0 Å². The van der Waals surface area contributed by atoms with E-state index in [1.165, 1.54) is 10.5 Å². The molecule has 3 nitrogen and oxygen atoms in total. The van der Waals surface area contributed by atoms with Gasteiger partial charge >= 0.3 is 0 Å². The molecule has 4 heteroatoms. The van der Waals surface area contributed by atoms with Gasteiger partial charge in [0, 0.05) is 21.2 Å². The van der Waals surface area contributed by atoms with Crippen LogP contribution < -0.4 is 11.1 Å². The molecular weight excluding hydrogens is 256 g/mol. The number of carbonyl (C=O) groups excluding carboxylic acids is 1. The van der Waals surface area contributed by atoms with Gasteiger partial charge < -0.3 is 11.1 Å². The molecule has 0 unspecified atom stereocenters. The van der Waals surface area contributed by atoms with Crippen LogP contribution in [0.15, 0.2) is 46.2 Å². The quantitative estimate of drug-likeness (QED) is 0.824. The van der Waals surface area contributed by atoms with Crippen LogP contribution in [0.3, 0.4) is 0 Å². The van der Waals surface area contributed by atoms with Gasteiger partial charge in [0.1, 0.15) is 0 Å². The van der Waals surface area contributed by atoms with E-state index in [4.69, 9.17) is 5.73 Å². The number of hydrogen-bond donors (Lipinski definition) is 2. The second kappa shape index (κ2) is 4.63. The molecule has 0 spiro atoms. The minimum atomic E-state index is 0.0347. The summed E-state index contributed by atoms with van der Waals surface area (Å²) >= 11 is 1.63. The summed E-state index contributed by atoms with van der Waals surface area (Å²) in [5.74, 6) is 0.0347. The van der Waals surface area contributed by atoms with Gasteiger partial charge in [-0.2, -0.15) is 0 Å². The Morgan fingerprint density at radius 2 is 2.00 bits per heavy atom. The number of carbonyl (C=O) groups is 1. The highest BCUT2D eigenvalue weighted by atomic mass is 32.2. The lowest BCUT2D eigenvalue weighted by molar-refractivity contribution is -0.115. The third kappa shape index (κ3) is 2.31. The summed E-state index contributed by atoms with van der Waals surface area (Å²) < 4.78 is 0. The fraction of sp³-hybridized carbons (Fsp3) is 0.133. The van der Waals surface area contributed by atoms with E-state index in [0.717, 1.165) is 21.8 Å². The normalized spacial score (nSPS) is 13.2. The van der Waals surface area contributed by atoms with Crippen molar-refractivity contribution in [3.05, 3.63) is 47.5 Å². The van der Waals surface area contributed by atoms with Crippen molar-refractivity contribution in [2.75, 3.05) is 11.1 Å². The molecule has 0 saturated heterocycles. The summed E-state index contributed by atoms with van der Waals surface area (Å²) in [6, 6.07) is 12.0. The maximum atomic E-state index is 11.4. The minimum absolute atomic E-state index is 0.0347. The average Bonchev–Trinajstić information content (AvgIpc) is 2.71. The van der Waals surface area contributed by atoms with Gasteiger partial charge in [-0.15, -0.1) is 0 Å². The molecule has 3 N–H and O–H groups in total. The largest absolute Gasteiger partial charge is 0.398 e. The number of amides is 1. The first-order valence-electron chi connectivity index (χ1n) is 6.09. The lowest BCUT2D eigenvalue weighted by Gasteiger charge is -2.10. The SMILES string of the molecule is Cc1ccccc1Sc1cc2c(cc1N)CC(=O)N2. The van der Waals surface area contributed by atoms with E-state index in [1.54, 1.807) is 11.8 Å². The Kier molecular flexibility index (Phi) is 2.95. The van der Waals surface area contributed by atoms with Crippen molar-refractivity contribution in [3.63, 3.8) is 0 Å². The number of anilines is 2. The molecule has 2 aromatic rings.